The molecule has 4 aromatic rings. The van der Waals surface area contributed by atoms with Crippen LogP contribution in [0.1, 0.15) is 9.67 Å². The van der Waals surface area contributed by atoms with Gasteiger partial charge in [0.25, 0.3) is 5.91 Å². The summed E-state index contributed by atoms with van der Waals surface area (Å²) in [7, 11) is 1.64. The smallest absolute Gasteiger partial charge is 0.266 e. The molecule has 3 aromatic heterocycles. The molecule has 0 fully saturated rings. The minimum absolute atomic E-state index is 0.172. The molecule has 0 radical (unpaired) electrons. The maximum atomic E-state index is 12.1. The minimum Gasteiger partial charge on any atom is -0.497 e. The second-order valence-electron chi connectivity index (χ2n) is 5.31. The number of rotatable bonds is 4. The van der Waals surface area contributed by atoms with Gasteiger partial charge in [0.1, 0.15) is 5.75 Å². The largest absolute Gasteiger partial charge is 0.497 e. The van der Waals surface area contributed by atoms with Crippen LogP contribution in [0.25, 0.3) is 16.9 Å². The third-order valence-electron chi connectivity index (χ3n) is 3.69. The van der Waals surface area contributed by atoms with Crippen LogP contribution in [0.3, 0.4) is 0 Å². The van der Waals surface area contributed by atoms with E-state index in [1.807, 2.05) is 47.8 Å². The number of methoxy groups -OCH3 is 1. The van der Waals surface area contributed by atoms with Crippen molar-refractivity contribution in [3.05, 3.63) is 65.0 Å². The summed E-state index contributed by atoms with van der Waals surface area (Å²) < 4.78 is 6.83. The van der Waals surface area contributed by atoms with E-state index in [2.05, 4.69) is 15.4 Å². The quantitative estimate of drug-likeness (QED) is 0.609. The van der Waals surface area contributed by atoms with Gasteiger partial charge in [-0.25, -0.2) is 9.50 Å². The predicted octanol–water partition coefficient (Wildman–Crippen LogP) is 3.72. The molecule has 0 aliphatic heterocycles. The molecule has 0 aliphatic rings. The van der Waals surface area contributed by atoms with E-state index < -0.39 is 0 Å². The summed E-state index contributed by atoms with van der Waals surface area (Å²) in [5.74, 6) is 1.09. The van der Waals surface area contributed by atoms with Gasteiger partial charge in [-0.15, -0.1) is 11.3 Å². The number of carbonyl (C=O) groups is 1. The van der Waals surface area contributed by atoms with Gasteiger partial charge in [0.15, 0.2) is 11.5 Å². The highest BCUT2D eigenvalue weighted by atomic mass is 32.1. The third-order valence-corrected chi connectivity index (χ3v) is 4.56. The molecule has 6 nitrogen and oxygen atoms in total. The molecule has 7 heteroatoms. The average molecular weight is 350 g/mol. The molecule has 0 bridgehead atoms. The summed E-state index contributed by atoms with van der Waals surface area (Å²) in [5, 5.41) is 9.21. The predicted molar refractivity (Wildman–Crippen MR) is 97.2 cm³/mol. The van der Waals surface area contributed by atoms with Crippen molar-refractivity contribution in [2.24, 2.45) is 0 Å². The Balaban J connectivity index is 1.61. The van der Waals surface area contributed by atoms with Crippen LogP contribution in [0.2, 0.25) is 0 Å². The minimum atomic E-state index is -0.172. The molecule has 4 rings (SSSR count). The summed E-state index contributed by atoms with van der Waals surface area (Å²) >= 11 is 1.39. The lowest BCUT2D eigenvalue weighted by Gasteiger charge is -2.03. The Morgan fingerprint density at radius 2 is 2.00 bits per heavy atom. The maximum Gasteiger partial charge on any atom is 0.266 e. The van der Waals surface area contributed by atoms with Gasteiger partial charge in [-0.3, -0.25) is 4.79 Å². The van der Waals surface area contributed by atoms with Crippen LogP contribution in [-0.2, 0) is 0 Å². The first kappa shape index (κ1) is 15.3. The normalized spacial score (nSPS) is 10.8. The number of fused-ring (bicyclic) bond motifs is 1. The molecule has 0 aliphatic carbocycles. The van der Waals surface area contributed by atoms with E-state index in [4.69, 9.17) is 4.74 Å². The Bertz CT molecular complexity index is 1020. The Kier molecular flexibility index (Phi) is 3.91. The Labute approximate surface area is 147 Å². The monoisotopic (exact) mass is 350 g/mol. The number of hydrogen-bond acceptors (Lipinski definition) is 5. The molecular weight excluding hydrogens is 336 g/mol. The van der Waals surface area contributed by atoms with Crippen LogP contribution in [0.4, 0.5) is 5.82 Å². The molecule has 0 saturated heterocycles. The van der Waals surface area contributed by atoms with Crippen molar-refractivity contribution in [2.45, 2.75) is 0 Å². The number of aromatic nitrogens is 3. The van der Waals surface area contributed by atoms with E-state index in [1.165, 1.54) is 11.3 Å². The van der Waals surface area contributed by atoms with Crippen LogP contribution in [0.5, 0.6) is 5.75 Å². The summed E-state index contributed by atoms with van der Waals surface area (Å²) in [6.45, 7) is 0. The number of amides is 1. The summed E-state index contributed by atoms with van der Waals surface area (Å²) in [4.78, 5) is 17.1. The fourth-order valence-electron chi connectivity index (χ4n) is 2.44. The summed E-state index contributed by atoms with van der Waals surface area (Å²) in [6, 6.07) is 15.1. The Morgan fingerprint density at radius 3 is 2.72 bits per heavy atom. The molecule has 0 saturated carbocycles. The topological polar surface area (TPSA) is 68.5 Å². The second-order valence-corrected chi connectivity index (χ2v) is 6.26. The number of thiophene rings is 1. The molecular formula is C18H14N4O2S. The number of nitrogens with zero attached hydrogens (tertiary/aromatic N) is 3. The van der Waals surface area contributed by atoms with E-state index in [-0.39, 0.29) is 5.91 Å². The number of carbonyl (C=O) groups excluding carboxylic acids is 1. The SMILES string of the molecule is COc1ccc(-c2ccc3nc(NC(=O)c4cccs4)cn3n2)cc1. The zero-order chi connectivity index (χ0) is 17.2. The molecule has 25 heavy (non-hydrogen) atoms. The van der Waals surface area contributed by atoms with Crippen molar-refractivity contribution in [1.82, 2.24) is 14.6 Å². The zero-order valence-electron chi connectivity index (χ0n) is 13.3. The number of anilines is 1. The van der Waals surface area contributed by atoms with Gasteiger partial charge < -0.3 is 10.1 Å². The first-order chi connectivity index (χ1) is 12.2. The number of benzene rings is 1. The molecule has 0 spiro atoms. The van der Waals surface area contributed by atoms with Crippen molar-refractivity contribution in [3.63, 3.8) is 0 Å². The van der Waals surface area contributed by atoms with Gasteiger partial charge in [0.2, 0.25) is 0 Å². The van der Waals surface area contributed by atoms with E-state index in [0.29, 0.717) is 16.3 Å². The van der Waals surface area contributed by atoms with Crippen molar-refractivity contribution >= 4 is 28.7 Å². The summed E-state index contributed by atoms with van der Waals surface area (Å²) in [5.41, 5.74) is 2.45. The van der Waals surface area contributed by atoms with Gasteiger partial charge in [0.05, 0.1) is 23.9 Å². The van der Waals surface area contributed by atoms with Crippen LogP contribution in [0, 0.1) is 0 Å². The van der Waals surface area contributed by atoms with Crippen LogP contribution in [-0.4, -0.2) is 27.6 Å². The molecule has 0 atom stereocenters. The van der Waals surface area contributed by atoms with E-state index in [1.54, 1.807) is 23.9 Å². The number of hydrogen-bond donors (Lipinski definition) is 1. The molecule has 124 valence electrons. The molecule has 1 amide bonds. The van der Waals surface area contributed by atoms with Gasteiger partial charge in [0, 0.05) is 5.56 Å². The van der Waals surface area contributed by atoms with Crippen molar-refractivity contribution < 1.29 is 9.53 Å². The first-order valence-corrected chi connectivity index (χ1v) is 8.46. The lowest BCUT2D eigenvalue weighted by molar-refractivity contribution is 0.103. The van der Waals surface area contributed by atoms with E-state index >= 15 is 0 Å². The highest BCUT2D eigenvalue weighted by Gasteiger charge is 2.10. The zero-order valence-corrected chi connectivity index (χ0v) is 14.2. The average Bonchev–Trinajstić information content (AvgIpc) is 3.30. The van der Waals surface area contributed by atoms with Gasteiger partial charge in [-0.2, -0.15) is 5.10 Å². The summed E-state index contributed by atoms with van der Waals surface area (Å²) in [6.07, 6.45) is 1.70. The van der Waals surface area contributed by atoms with Crippen molar-refractivity contribution in [3.8, 4) is 17.0 Å². The van der Waals surface area contributed by atoms with E-state index in [9.17, 15) is 4.79 Å². The standard InChI is InChI=1S/C18H14N4O2S/c1-24-13-6-4-12(5-7-13)14-8-9-17-19-16(11-22(17)21-14)20-18(23)15-3-2-10-25-15/h2-11H,1H3,(H,20,23). The first-order valence-electron chi connectivity index (χ1n) is 7.59. The van der Waals surface area contributed by atoms with Gasteiger partial charge in [-0.1, -0.05) is 6.07 Å². The lowest BCUT2D eigenvalue weighted by Crippen LogP contribution is -2.10. The highest BCUT2D eigenvalue weighted by molar-refractivity contribution is 7.12. The van der Waals surface area contributed by atoms with Crippen LogP contribution in [0.15, 0.2) is 60.1 Å². The molecule has 0 unspecified atom stereocenters. The van der Waals surface area contributed by atoms with Crippen LogP contribution < -0.4 is 10.1 Å². The Morgan fingerprint density at radius 1 is 1.16 bits per heavy atom. The van der Waals surface area contributed by atoms with Gasteiger partial charge >= 0.3 is 0 Å². The van der Waals surface area contributed by atoms with Crippen molar-refractivity contribution in [2.75, 3.05) is 12.4 Å². The van der Waals surface area contributed by atoms with Crippen LogP contribution >= 0.6 is 11.3 Å². The van der Waals surface area contributed by atoms with Crippen molar-refractivity contribution in [1.29, 1.82) is 0 Å². The fourth-order valence-corrected chi connectivity index (χ4v) is 3.06. The molecule has 1 N–H and O–H groups in total. The Hall–Kier alpha value is -3.19. The fraction of sp³-hybridized carbons (Fsp3) is 0.0556. The highest BCUT2D eigenvalue weighted by Crippen LogP contribution is 2.21. The lowest BCUT2D eigenvalue weighted by atomic mass is 10.1. The molecule has 1 aromatic carbocycles. The number of ether oxygens (including phenoxy) is 1. The number of imidazole rings is 1. The second kappa shape index (κ2) is 6.37. The van der Waals surface area contributed by atoms with E-state index in [0.717, 1.165) is 17.0 Å². The third kappa shape index (κ3) is 3.09. The van der Waals surface area contributed by atoms with Gasteiger partial charge in [-0.05, 0) is 47.8 Å². The number of nitrogens with one attached hydrogen (secondary N) is 1. The molecule has 3 heterocycles. The maximum absolute atomic E-state index is 12.1.